The third kappa shape index (κ3) is 4.58. The van der Waals surface area contributed by atoms with Crippen LogP contribution < -0.4 is 5.32 Å². The van der Waals surface area contributed by atoms with Gasteiger partial charge in [0.25, 0.3) is 0 Å². The lowest BCUT2D eigenvalue weighted by atomic mass is 9.44. The fourth-order valence-electron chi connectivity index (χ4n) is 9.83. The maximum Gasteiger partial charge on any atom is 0.220 e. The van der Waals surface area contributed by atoms with E-state index >= 15 is 0 Å². The predicted octanol–water partition coefficient (Wildman–Crippen LogP) is 6.99. The smallest absolute Gasteiger partial charge is 0.220 e. The Morgan fingerprint density at radius 3 is 2.50 bits per heavy atom. The van der Waals surface area contributed by atoms with Crippen molar-refractivity contribution in [3.8, 4) is 0 Å². The molecule has 1 aromatic rings. The number of carbonyl (C=O) groups excluding carboxylic acids is 1. The monoisotopic (exact) mass is 535 g/mol. The Morgan fingerprint density at radius 1 is 1.08 bits per heavy atom. The van der Waals surface area contributed by atoms with E-state index in [4.69, 9.17) is 11.6 Å². The van der Waals surface area contributed by atoms with E-state index in [0.717, 1.165) is 41.3 Å². The number of nitrogens with one attached hydrogen (secondary N) is 1. The van der Waals surface area contributed by atoms with Crippen LogP contribution in [0.15, 0.2) is 12.1 Å². The second-order valence-electron chi connectivity index (χ2n) is 13.3. The zero-order valence-electron chi connectivity index (χ0n) is 22.5. The maximum absolute atomic E-state index is 13.1. The van der Waals surface area contributed by atoms with Gasteiger partial charge < -0.3 is 15.5 Å². The zero-order valence-corrected chi connectivity index (χ0v) is 24.1. The summed E-state index contributed by atoms with van der Waals surface area (Å²) in [5.74, 6) is 3.19. The van der Waals surface area contributed by atoms with Gasteiger partial charge in [-0.05, 0) is 116 Å². The average molecular weight is 536 g/mol. The summed E-state index contributed by atoms with van der Waals surface area (Å²) in [5, 5.41) is 24.9. The average Bonchev–Trinajstić information content (AvgIpc) is 3.41. The van der Waals surface area contributed by atoms with Gasteiger partial charge in [0.05, 0.1) is 22.6 Å². The fourth-order valence-corrected chi connectivity index (χ4v) is 11.0. The second kappa shape index (κ2) is 10.2. The van der Waals surface area contributed by atoms with Crippen LogP contribution in [0.3, 0.4) is 0 Å². The Bertz CT molecular complexity index is 952. The van der Waals surface area contributed by atoms with E-state index in [-0.39, 0.29) is 40.9 Å². The minimum absolute atomic E-state index is 0.0379. The lowest BCUT2D eigenvalue weighted by Gasteiger charge is -2.62. The maximum atomic E-state index is 13.1. The number of hydrogen-bond acceptors (Lipinski definition) is 4. The lowest BCUT2D eigenvalue weighted by molar-refractivity contribution is -0.172. The molecule has 0 aromatic carbocycles. The Hall–Kier alpha value is -0.620. The van der Waals surface area contributed by atoms with Crippen LogP contribution in [-0.2, 0) is 4.79 Å². The van der Waals surface area contributed by atoms with Crippen LogP contribution in [0.1, 0.15) is 103 Å². The Morgan fingerprint density at radius 2 is 1.81 bits per heavy atom. The number of aliphatic hydroxyl groups is 2. The highest BCUT2D eigenvalue weighted by Gasteiger charge is 2.62. The lowest BCUT2D eigenvalue weighted by Crippen LogP contribution is -2.58. The summed E-state index contributed by atoms with van der Waals surface area (Å²) in [4.78, 5) is 14.3. The number of rotatable bonds is 6. The summed E-state index contributed by atoms with van der Waals surface area (Å²) >= 11 is 7.69. The van der Waals surface area contributed by atoms with Crippen LogP contribution >= 0.6 is 22.9 Å². The number of carbonyl (C=O) groups is 1. The third-order valence-electron chi connectivity index (χ3n) is 11.6. The predicted molar refractivity (Wildman–Crippen MR) is 147 cm³/mol. The van der Waals surface area contributed by atoms with Gasteiger partial charge in [-0.1, -0.05) is 39.3 Å². The van der Waals surface area contributed by atoms with E-state index in [1.54, 1.807) is 11.3 Å². The summed E-state index contributed by atoms with van der Waals surface area (Å²) in [6, 6.07) is 3.98. The van der Waals surface area contributed by atoms with E-state index < -0.39 is 0 Å². The summed E-state index contributed by atoms with van der Waals surface area (Å²) in [5.41, 5.74) is 0.412. The first-order chi connectivity index (χ1) is 17.1. The van der Waals surface area contributed by atoms with E-state index in [2.05, 4.69) is 33.0 Å². The van der Waals surface area contributed by atoms with Crippen molar-refractivity contribution in [2.24, 2.45) is 46.3 Å². The number of halogens is 1. The molecule has 4 aliphatic carbocycles. The van der Waals surface area contributed by atoms with E-state index in [9.17, 15) is 15.0 Å². The third-order valence-corrected chi connectivity index (χ3v) is 12.9. The minimum Gasteiger partial charge on any atom is -0.393 e. The van der Waals surface area contributed by atoms with Gasteiger partial charge in [0.15, 0.2) is 0 Å². The van der Waals surface area contributed by atoms with Crippen molar-refractivity contribution in [2.45, 2.75) is 110 Å². The van der Waals surface area contributed by atoms with Crippen molar-refractivity contribution in [1.29, 1.82) is 0 Å². The largest absolute Gasteiger partial charge is 0.393 e. The molecular weight excluding hydrogens is 490 g/mol. The Labute approximate surface area is 226 Å². The molecule has 1 heterocycles. The van der Waals surface area contributed by atoms with Crippen molar-refractivity contribution in [2.75, 3.05) is 0 Å². The molecule has 202 valence electrons. The SMILES string of the molecule is CCC(NC(=O)C[C@@H](C)C1CC[C@H]2[C@@H]3C[C@H](O)[C@@H]4C[C@H](O)CC[C@]4(C)[C@H]3CC[C@]12C)c1ccc(Cl)s1. The van der Waals surface area contributed by atoms with Gasteiger partial charge in [-0.25, -0.2) is 0 Å². The number of hydrogen-bond donors (Lipinski definition) is 3. The quantitative estimate of drug-likeness (QED) is 0.368. The molecule has 11 atom stereocenters. The highest BCUT2D eigenvalue weighted by Crippen LogP contribution is 2.68. The molecule has 0 spiro atoms. The number of thiophene rings is 1. The Balaban J connectivity index is 1.26. The van der Waals surface area contributed by atoms with Crippen LogP contribution in [0.2, 0.25) is 4.34 Å². The molecule has 1 amide bonds. The fraction of sp³-hybridized carbons (Fsp3) is 0.833. The molecule has 0 aliphatic heterocycles. The first-order valence-electron chi connectivity index (χ1n) is 14.5. The van der Waals surface area contributed by atoms with Crippen LogP contribution in [0.4, 0.5) is 0 Å². The van der Waals surface area contributed by atoms with Crippen molar-refractivity contribution in [1.82, 2.24) is 5.32 Å². The number of aliphatic hydroxyl groups excluding tert-OH is 2. The standard InChI is InChI=1S/C30H46ClNO3S/c1-5-24(26-8-9-27(31)36-26)32-28(35)14-17(2)20-6-7-21-19-16-25(34)23-15-18(33)10-12-30(23,4)22(19)11-13-29(20,21)3/h8-9,17-25,33-34H,5-7,10-16H2,1-4H3,(H,32,35)/t17-,18-,19+,20?,21+,22+,23+,24?,25+,29-,30-/m1/s1. The van der Waals surface area contributed by atoms with E-state index in [1.807, 2.05) is 12.1 Å². The Kier molecular flexibility index (Phi) is 7.62. The van der Waals surface area contributed by atoms with Gasteiger partial charge in [0.1, 0.15) is 0 Å². The van der Waals surface area contributed by atoms with E-state index in [0.29, 0.717) is 36.0 Å². The first kappa shape index (κ1) is 27.0. The molecule has 1 aromatic heterocycles. The molecule has 4 nitrogen and oxygen atoms in total. The van der Waals surface area contributed by atoms with Crippen LogP contribution in [0.25, 0.3) is 0 Å². The number of amides is 1. The highest BCUT2D eigenvalue weighted by atomic mass is 35.5. The zero-order chi connectivity index (χ0) is 25.8. The summed E-state index contributed by atoms with van der Waals surface area (Å²) < 4.78 is 0.768. The molecule has 3 N–H and O–H groups in total. The van der Waals surface area contributed by atoms with Gasteiger partial charge >= 0.3 is 0 Å². The molecule has 0 saturated heterocycles. The molecule has 2 unspecified atom stereocenters. The van der Waals surface area contributed by atoms with Gasteiger partial charge in [0, 0.05) is 11.3 Å². The molecule has 36 heavy (non-hydrogen) atoms. The van der Waals surface area contributed by atoms with Gasteiger partial charge in [-0.2, -0.15) is 0 Å². The van der Waals surface area contributed by atoms with Crippen LogP contribution in [0.5, 0.6) is 0 Å². The molecule has 6 heteroatoms. The normalized spacial score (nSPS) is 43.7. The highest BCUT2D eigenvalue weighted by molar-refractivity contribution is 7.16. The first-order valence-corrected chi connectivity index (χ1v) is 15.7. The van der Waals surface area contributed by atoms with Crippen molar-refractivity contribution < 1.29 is 15.0 Å². The molecule has 4 aliphatic rings. The van der Waals surface area contributed by atoms with Crippen molar-refractivity contribution in [3.63, 3.8) is 0 Å². The van der Waals surface area contributed by atoms with Crippen molar-refractivity contribution in [3.05, 3.63) is 21.3 Å². The van der Waals surface area contributed by atoms with Gasteiger partial charge in [-0.15, -0.1) is 11.3 Å². The molecule has 0 radical (unpaired) electrons. The minimum atomic E-state index is -0.285. The molecule has 4 fully saturated rings. The topological polar surface area (TPSA) is 69.6 Å². The molecular formula is C30H46ClNO3S. The van der Waals surface area contributed by atoms with Crippen LogP contribution in [-0.4, -0.2) is 28.3 Å². The second-order valence-corrected chi connectivity index (χ2v) is 15.0. The molecule has 4 saturated carbocycles. The summed E-state index contributed by atoms with van der Waals surface area (Å²) in [7, 11) is 0. The van der Waals surface area contributed by atoms with Crippen molar-refractivity contribution >= 4 is 28.8 Å². The molecule has 0 bridgehead atoms. The van der Waals surface area contributed by atoms with Gasteiger partial charge in [0.2, 0.25) is 5.91 Å². The van der Waals surface area contributed by atoms with Crippen LogP contribution in [0, 0.1) is 46.3 Å². The summed E-state index contributed by atoms with van der Waals surface area (Å²) in [6.07, 6.45) is 9.43. The van der Waals surface area contributed by atoms with E-state index in [1.165, 1.54) is 25.7 Å². The number of fused-ring (bicyclic) bond motifs is 5. The van der Waals surface area contributed by atoms with Gasteiger partial charge in [-0.3, -0.25) is 4.79 Å². The molecule has 5 rings (SSSR count). The summed E-state index contributed by atoms with van der Waals surface area (Å²) in [6.45, 7) is 9.34.